The summed E-state index contributed by atoms with van der Waals surface area (Å²) in [6.45, 7) is 3.08. The topological polar surface area (TPSA) is 45.6 Å². The molecule has 118 valence electrons. The third-order valence-corrected chi connectivity index (χ3v) is 4.28. The van der Waals surface area contributed by atoms with E-state index in [4.69, 9.17) is 6.42 Å². The Hall–Kier alpha value is -2.58. The Morgan fingerprint density at radius 1 is 1.22 bits per heavy atom. The molecule has 23 heavy (non-hydrogen) atoms. The first-order chi connectivity index (χ1) is 11.1. The van der Waals surface area contributed by atoms with Crippen molar-refractivity contribution in [3.63, 3.8) is 0 Å². The predicted octanol–water partition coefficient (Wildman–Crippen LogP) is 1.02. The molecule has 0 N–H and O–H groups in total. The van der Waals surface area contributed by atoms with Gasteiger partial charge in [-0.15, -0.1) is 6.42 Å². The molecule has 3 rings (SSSR count). The molecule has 5 nitrogen and oxygen atoms in total. The van der Waals surface area contributed by atoms with Crippen LogP contribution < -0.4 is 5.56 Å². The lowest BCUT2D eigenvalue weighted by atomic mass is 10.1. The van der Waals surface area contributed by atoms with Gasteiger partial charge in [-0.2, -0.15) is 0 Å². The molecule has 1 amide bonds. The quantitative estimate of drug-likeness (QED) is 0.778. The summed E-state index contributed by atoms with van der Waals surface area (Å²) in [6, 6.07) is 9.05. The second kappa shape index (κ2) is 6.27. The third-order valence-electron chi connectivity index (χ3n) is 4.28. The van der Waals surface area contributed by atoms with Crippen molar-refractivity contribution in [3.8, 4) is 12.3 Å². The monoisotopic (exact) mass is 309 g/mol. The van der Waals surface area contributed by atoms with Crippen molar-refractivity contribution in [2.24, 2.45) is 0 Å². The van der Waals surface area contributed by atoms with Crippen LogP contribution in [0.25, 0.3) is 10.8 Å². The van der Waals surface area contributed by atoms with Crippen molar-refractivity contribution in [1.29, 1.82) is 0 Å². The molecule has 2 heterocycles. The van der Waals surface area contributed by atoms with Crippen molar-refractivity contribution in [2.45, 2.75) is 6.54 Å². The summed E-state index contributed by atoms with van der Waals surface area (Å²) >= 11 is 0. The van der Waals surface area contributed by atoms with Crippen LogP contribution in [0, 0.1) is 12.3 Å². The molecule has 1 fully saturated rings. The van der Waals surface area contributed by atoms with E-state index < -0.39 is 0 Å². The number of fused-ring (bicyclic) bond motifs is 1. The summed E-state index contributed by atoms with van der Waals surface area (Å²) in [7, 11) is 2.03. The number of rotatable bonds is 2. The van der Waals surface area contributed by atoms with Gasteiger partial charge < -0.3 is 9.80 Å². The van der Waals surface area contributed by atoms with Gasteiger partial charge in [0.1, 0.15) is 5.69 Å². The van der Waals surface area contributed by atoms with Crippen molar-refractivity contribution >= 4 is 16.7 Å². The zero-order valence-electron chi connectivity index (χ0n) is 13.2. The molecule has 0 bridgehead atoms. The maximum absolute atomic E-state index is 12.9. The highest BCUT2D eigenvalue weighted by Crippen LogP contribution is 2.14. The summed E-state index contributed by atoms with van der Waals surface area (Å²) in [6.07, 6.45) is 5.40. The van der Waals surface area contributed by atoms with Crippen LogP contribution in [0.1, 0.15) is 10.5 Å². The SMILES string of the molecule is C#CCn1c(C(=O)N2CCN(C)CC2)cc2ccccc2c1=O. The highest BCUT2D eigenvalue weighted by molar-refractivity contribution is 5.96. The average Bonchev–Trinajstić information content (AvgIpc) is 2.57. The van der Waals surface area contributed by atoms with Gasteiger partial charge >= 0.3 is 0 Å². The molecule has 0 saturated carbocycles. The van der Waals surface area contributed by atoms with Gasteiger partial charge in [-0.05, 0) is 24.6 Å². The van der Waals surface area contributed by atoms with Gasteiger partial charge in [0.2, 0.25) is 0 Å². The Morgan fingerprint density at radius 2 is 1.91 bits per heavy atom. The number of piperazine rings is 1. The molecule has 0 atom stereocenters. The highest BCUT2D eigenvalue weighted by atomic mass is 16.2. The summed E-state index contributed by atoms with van der Waals surface area (Å²) in [4.78, 5) is 29.5. The molecular formula is C18H19N3O2. The van der Waals surface area contributed by atoms with E-state index in [1.165, 1.54) is 4.57 Å². The summed E-state index contributed by atoms with van der Waals surface area (Å²) in [5.41, 5.74) is 0.162. The zero-order chi connectivity index (χ0) is 16.4. The molecular weight excluding hydrogens is 290 g/mol. The predicted molar refractivity (Wildman–Crippen MR) is 90.4 cm³/mol. The summed E-state index contributed by atoms with van der Waals surface area (Å²) in [5, 5.41) is 1.35. The van der Waals surface area contributed by atoms with Crippen molar-refractivity contribution in [3.05, 3.63) is 46.4 Å². The second-order valence-electron chi connectivity index (χ2n) is 5.81. The Morgan fingerprint density at radius 3 is 2.61 bits per heavy atom. The lowest BCUT2D eigenvalue weighted by Crippen LogP contribution is -2.48. The van der Waals surface area contributed by atoms with Crippen molar-refractivity contribution in [2.75, 3.05) is 33.2 Å². The van der Waals surface area contributed by atoms with Gasteiger partial charge in [0.25, 0.3) is 11.5 Å². The maximum atomic E-state index is 12.9. The van der Waals surface area contributed by atoms with Crippen LogP contribution in [-0.4, -0.2) is 53.5 Å². The van der Waals surface area contributed by atoms with Crippen LogP contribution >= 0.6 is 0 Å². The number of aromatic nitrogens is 1. The van der Waals surface area contributed by atoms with E-state index in [2.05, 4.69) is 10.8 Å². The molecule has 0 radical (unpaired) electrons. The smallest absolute Gasteiger partial charge is 0.270 e. The first-order valence-electron chi connectivity index (χ1n) is 7.65. The molecule has 0 unspecified atom stereocenters. The number of terminal acetylenes is 1. The Kier molecular flexibility index (Phi) is 4.18. The van der Waals surface area contributed by atoms with Crippen molar-refractivity contribution in [1.82, 2.24) is 14.4 Å². The van der Waals surface area contributed by atoms with Crippen LogP contribution in [0.2, 0.25) is 0 Å². The molecule has 0 aliphatic carbocycles. The van der Waals surface area contributed by atoms with E-state index >= 15 is 0 Å². The van der Waals surface area contributed by atoms with Gasteiger partial charge in [0.05, 0.1) is 6.54 Å². The number of benzene rings is 1. The van der Waals surface area contributed by atoms with E-state index in [9.17, 15) is 9.59 Å². The van der Waals surface area contributed by atoms with E-state index in [1.807, 2.05) is 25.2 Å². The third kappa shape index (κ3) is 2.86. The standard InChI is InChI=1S/C18H19N3O2/c1-3-8-21-16(18(23)20-11-9-19(2)10-12-20)13-14-6-4-5-7-15(14)17(21)22/h1,4-7,13H,8-12H2,2H3. The first-order valence-corrected chi connectivity index (χ1v) is 7.65. The number of likely N-dealkylation sites (N-methyl/N-ethyl adjacent to an activating group) is 1. The Bertz CT molecular complexity index is 839. The van der Waals surface area contributed by atoms with E-state index in [0.717, 1.165) is 18.5 Å². The lowest BCUT2D eigenvalue weighted by Gasteiger charge is -2.32. The fourth-order valence-electron chi connectivity index (χ4n) is 2.89. The van der Waals surface area contributed by atoms with Gasteiger partial charge in [-0.1, -0.05) is 24.1 Å². The maximum Gasteiger partial charge on any atom is 0.270 e. The highest BCUT2D eigenvalue weighted by Gasteiger charge is 2.23. The molecule has 1 aliphatic heterocycles. The number of nitrogens with zero attached hydrogens (tertiary/aromatic N) is 3. The number of hydrogen-bond acceptors (Lipinski definition) is 3. The Balaban J connectivity index is 2.08. The van der Waals surface area contributed by atoms with Gasteiger partial charge in [-0.3, -0.25) is 14.2 Å². The zero-order valence-corrected chi connectivity index (χ0v) is 13.2. The number of hydrogen-bond donors (Lipinski definition) is 0. The number of pyridine rings is 1. The number of carbonyl (C=O) groups is 1. The molecule has 2 aromatic rings. The fraction of sp³-hybridized carbons (Fsp3) is 0.333. The summed E-state index contributed by atoms with van der Waals surface area (Å²) < 4.78 is 1.41. The van der Waals surface area contributed by atoms with Gasteiger partial charge in [-0.25, -0.2) is 0 Å². The normalized spacial score (nSPS) is 15.6. The minimum Gasteiger partial charge on any atom is -0.335 e. The molecule has 1 aromatic heterocycles. The second-order valence-corrected chi connectivity index (χ2v) is 5.81. The lowest BCUT2D eigenvalue weighted by molar-refractivity contribution is 0.0653. The van der Waals surface area contributed by atoms with Crippen LogP contribution in [-0.2, 0) is 6.54 Å². The van der Waals surface area contributed by atoms with E-state index in [1.54, 1.807) is 17.0 Å². The summed E-state index contributed by atoms with van der Waals surface area (Å²) in [5.74, 6) is 2.35. The van der Waals surface area contributed by atoms with Crippen molar-refractivity contribution < 1.29 is 4.79 Å². The average molecular weight is 309 g/mol. The minimum absolute atomic E-state index is 0.0957. The van der Waals surface area contributed by atoms with Crippen LogP contribution in [0.3, 0.4) is 0 Å². The minimum atomic E-state index is -0.210. The number of amides is 1. The largest absolute Gasteiger partial charge is 0.335 e. The van der Waals surface area contributed by atoms with Crippen LogP contribution in [0.4, 0.5) is 0 Å². The van der Waals surface area contributed by atoms with E-state index in [0.29, 0.717) is 24.2 Å². The number of carbonyl (C=O) groups excluding carboxylic acids is 1. The Labute approximate surface area is 135 Å². The molecule has 5 heteroatoms. The van der Waals surface area contributed by atoms with Crippen LogP contribution in [0.5, 0.6) is 0 Å². The van der Waals surface area contributed by atoms with E-state index in [-0.39, 0.29) is 18.0 Å². The van der Waals surface area contributed by atoms with Gasteiger partial charge in [0, 0.05) is 31.6 Å². The first kappa shape index (κ1) is 15.3. The van der Waals surface area contributed by atoms with Crippen LogP contribution in [0.15, 0.2) is 35.1 Å². The molecule has 1 aliphatic rings. The molecule has 0 spiro atoms. The fourth-order valence-corrected chi connectivity index (χ4v) is 2.89. The molecule has 1 saturated heterocycles. The molecule has 1 aromatic carbocycles. The van der Waals surface area contributed by atoms with Gasteiger partial charge in [0.15, 0.2) is 0 Å².